The highest BCUT2D eigenvalue weighted by Gasteiger charge is 2.51. The second-order valence-electron chi connectivity index (χ2n) is 13.0. The lowest BCUT2D eigenvalue weighted by Crippen LogP contribution is -2.60. The SMILES string of the molecule is CON1C(C)(C)CC(c2c(C(=O)O)ccc(C(=O)O)c2C2CC(C)(C)N(OC)C(C)(C)C2)CC1(C)C. The molecule has 8 heteroatoms. The van der Waals surface area contributed by atoms with E-state index in [0.29, 0.717) is 36.8 Å². The minimum atomic E-state index is -1.03. The Hall–Kier alpha value is -2.00. The number of carbonyl (C=O) groups is 2. The smallest absolute Gasteiger partial charge is 0.335 e. The van der Waals surface area contributed by atoms with E-state index in [1.165, 1.54) is 12.1 Å². The first-order valence-corrected chi connectivity index (χ1v) is 12.7. The van der Waals surface area contributed by atoms with E-state index in [9.17, 15) is 19.8 Å². The van der Waals surface area contributed by atoms with Crippen LogP contribution in [-0.4, -0.2) is 68.7 Å². The van der Waals surface area contributed by atoms with Crippen LogP contribution in [0.1, 0.15) is 125 Å². The van der Waals surface area contributed by atoms with Crippen LogP contribution >= 0.6 is 0 Å². The third-order valence-corrected chi connectivity index (χ3v) is 8.11. The first-order chi connectivity index (χ1) is 16.4. The van der Waals surface area contributed by atoms with E-state index in [2.05, 4.69) is 55.4 Å². The van der Waals surface area contributed by atoms with Gasteiger partial charge in [0.2, 0.25) is 0 Å². The lowest BCUT2D eigenvalue weighted by molar-refractivity contribution is -0.268. The average Bonchev–Trinajstić information content (AvgIpc) is 2.69. The molecule has 2 saturated heterocycles. The molecule has 2 heterocycles. The van der Waals surface area contributed by atoms with Gasteiger partial charge in [-0.25, -0.2) is 9.59 Å². The highest BCUT2D eigenvalue weighted by atomic mass is 16.7. The second-order valence-corrected chi connectivity index (χ2v) is 13.0. The van der Waals surface area contributed by atoms with Gasteiger partial charge in [-0.05, 0) is 116 Å². The number of benzene rings is 1. The van der Waals surface area contributed by atoms with Crippen molar-refractivity contribution in [1.29, 1.82) is 0 Å². The molecule has 8 nitrogen and oxygen atoms in total. The number of rotatable bonds is 6. The molecule has 0 aliphatic carbocycles. The third kappa shape index (κ3) is 4.93. The quantitative estimate of drug-likeness (QED) is 0.511. The van der Waals surface area contributed by atoms with Crippen LogP contribution in [-0.2, 0) is 9.68 Å². The summed E-state index contributed by atoms with van der Waals surface area (Å²) >= 11 is 0. The molecule has 2 aliphatic heterocycles. The molecule has 2 fully saturated rings. The van der Waals surface area contributed by atoms with E-state index >= 15 is 0 Å². The van der Waals surface area contributed by atoms with E-state index in [-0.39, 0.29) is 45.1 Å². The molecule has 36 heavy (non-hydrogen) atoms. The van der Waals surface area contributed by atoms with Gasteiger partial charge in [-0.2, -0.15) is 10.1 Å². The molecule has 1 aromatic carbocycles. The Morgan fingerprint density at radius 1 is 0.667 bits per heavy atom. The Labute approximate surface area is 215 Å². The van der Waals surface area contributed by atoms with E-state index < -0.39 is 11.9 Å². The molecule has 0 saturated carbocycles. The molecular weight excluding hydrogens is 460 g/mol. The monoisotopic (exact) mass is 504 g/mol. The molecule has 0 atom stereocenters. The van der Waals surface area contributed by atoms with Gasteiger partial charge in [-0.15, -0.1) is 0 Å². The van der Waals surface area contributed by atoms with Crippen LogP contribution < -0.4 is 0 Å². The number of carboxylic acids is 2. The van der Waals surface area contributed by atoms with E-state index in [4.69, 9.17) is 9.68 Å². The van der Waals surface area contributed by atoms with Crippen molar-refractivity contribution in [2.75, 3.05) is 14.2 Å². The summed E-state index contributed by atoms with van der Waals surface area (Å²) in [6.45, 7) is 16.7. The number of hydroxylamine groups is 4. The Balaban J connectivity index is 2.30. The van der Waals surface area contributed by atoms with Crippen LogP contribution in [0.2, 0.25) is 0 Å². The fraction of sp³-hybridized carbons (Fsp3) is 0.714. The zero-order valence-corrected chi connectivity index (χ0v) is 23.6. The molecule has 0 bridgehead atoms. The maximum absolute atomic E-state index is 12.6. The maximum atomic E-state index is 12.6. The topological polar surface area (TPSA) is 99.5 Å². The van der Waals surface area contributed by atoms with Crippen LogP contribution in [0.5, 0.6) is 0 Å². The van der Waals surface area contributed by atoms with Crippen LogP contribution in [0.3, 0.4) is 0 Å². The molecule has 0 radical (unpaired) electrons. The predicted octanol–water partition coefficient (Wildman–Crippen LogP) is 5.68. The molecule has 2 aliphatic rings. The Kier molecular flexibility index (Phi) is 7.45. The van der Waals surface area contributed by atoms with E-state index in [0.717, 1.165) is 0 Å². The van der Waals surface area contributed by atoms with Gasteiger partial charge in [-0.1, -0.05) is 0 Å². The van der Waals surface area contributed by atoms with Gasteiger partial charge in [-0.3, -0.25) is 0 Å². The van der Waals surface area contributed by atoms with Gasteiger partial charge in [0, 0.05) is 22.2 Å². The van der Waals surface area contributed by atoms with Crippen LogP contribution in [0.15, 0.2) is 12.1 Å². The van der Waals surface area contributed by atoms with Gasteiger partial charge in [0.25, 0.3) is 0 Å². The van der Waals surface area contributed by atoms with Crippen molar-refractivity contribution in [3.63, 3.8) is 0 Å². The lowest BCUT2D eigenvalue weighted by Gasteiger charge is -2.55. The summed E-state index contributed by atoms with van der Waals surface area (Å²) in [5.41, 5.74) is 0.196. The summed E-state index contributed by atoms with van der Waals surface area (Å²) in [7, 11) is 3.33. The minimum Gasteiger partial charge on any atom is -0.478 e. The highest BCUT2D eigenvalue weighted by molar-refractivity contribution is 5.95. The summed E-state index contributed by atoms with van der Waals surface area (Å²) in [4.78, 5) is 36.7. The fourth-order valence-corrected chi connectivity index (χ4v) is 7.81. The van der Waals surface area contributed by atoms with Crippen LogP contribution in [0, 0.1) is 0 Å². The number of aromatic carboxylic acids is 2. The van der Waals surface area contributed by atoms with E-state index in [1.54, 1.807) is 14.2 Å². The van der Waals surface area contributed by atoms with Crippen molar-refractivity contribution < 1.29 is 29.5 Å². The molecule has 0 aromatic heterocycles. The summed E-state index contributed by atoms with van der Waals surface area (Å²) in [6, 6.07) is 2.96. The zero-order valence-electron chi connectivity index (χ0n) is 23.6. The molecule has 2 N–H and O–H groups in total. The van der Waals surface area contributed by atoms with Crippen molar-refractivity contribution in [3.05, 3.63) is 34.4 Å². The lowest BCUT2D eigenvalue weighted by atomic mass is 9.65. The number of hydrogen-bond donors (Lipinski definition) is 2. The third-order valence-electron chi connectivity index (χ3n) is 8.11. The van der Waals surface area contributed by atoms with Gasteiger partial charge < -0.3 is 19.9 Å². The molecule has 1 aromatic rings. The maximum Gasteiger partial charge on any atom is 0.335 e. The molecule has 0 spiro atoms. The van der Waals surface area contributed by atoms with Crippen LogP contribution in [0.4, 0.5) is 0 Å². The Bertz CT molecular complexity index is 912. The summed E-state index contributed by atoms with van der Waals surface area (Å²) < 4.78 is 0. The van der Waals surface area contributed by atoms with Crippen molar-refractivity contribution in [2.45, 2.75) is 115 Å². The molecule has 3 rings (SSSR count). The summed E-state index contributed by atoms with van der Waals surface area (Å²) in [5.74, 6) is -2.34. The molecular formula is C28H44N2O6. The highest BCUT2D eigenvalue weighted by Crippen LogP contribution is 2.52. The second kappa shape index (κ2) is 9.39. The molecule has 0 amide bonds. The van der Waals surface area contributed by atoms with Gasteiger partial charge >= 0.3 is 11.9 Å². The van der Waals surface area contributed by atoms with Crippen molar-refractivity contribution in [2.24, 2.45) is 0 Å². The summed E-state index contributed by atoms with van der Waals surface area (Å²) in [5, 5.41) is 24.5. The standard InChI is InChI=1S/C28H44N2O6/c1-25(2)13-17(14-26(3,4)29(25)35-9)21-19(23(31)32)11-12-20(24(33)34)22(21)18-15-27(5,6)30(36-10)28(7,8)16-18/h11-12,17-18H,13-16H2,1-10H3,(H,31,32)(H,33,34). The fourth-order valence-electron chi connectivity index (χ4n) is 7.81. The Morgan fingerprint density at radius 3 is 1.11 bits per heavy atom. The van der Waals surface area contributed by atoms with Gasteiger partial charge in [0.15, 0.2) is 0 Å². The average molecular weight is 505 g/mol. The van der Waals surface area contributed by atoms with Crippen molar-refractivity contribution in [1.82, 2.24) is 10.1 Å². The number of nitrogens with zero attached hydrogens (tertiary/aromatic N) is 2. The predicted molar refractivity (Wildman–Crippen MR) is 138 cm³/mol. The summed E-state index contributed by atoms with van der Waals surface area (Å²) in [6.07, 6.45) is 2.57. The molecule has 0 unspecified atom stereocenters. The number of carboxylic acid groups (broad SMARTS) is 2. The zero-order chi connectivity index (χ0) is 27.4. The van der Waals surface area contributed by atoms with E-state index in [1.807, 2.05) is 10.1 Å². The largest absolute Gasteiger partial charge is 0.478 e. The van der Waals surface area contributed by atoms with Crippen molar-refractivity contribution in [3.8, 4) is 0 Å². The normalized spacial score (nSPS) is 24.5. The number of hydrogen-bond acceptors (Lipinski definition) is 6. The van der Waals surface area contributed by atoms with Gasteiger partial charge in [0.05, 0.1) is 25.3 Å². The number of piperidine rings is 2. The van der Waals surface area contributed by atoms with Gasteiger partial charge in [0.1, 0.15) is 0 Å². The molecule has 202 valence electrons. The van der Waals surface area contributed by atoms with Crippen molar-refractivity contribution >= 4 is 11.9 Å². The first kappa shape index (κ1) is 28.6. The minimum absolute atomic E-state index is 0.145. The Morgan fingerprint density at radius 2 is 0.917 bits per heavy atom. The first-order valence-electron chi connectivity index (χ1n) is 12.7. The van der Waals surface area contributed by atoms with Crippen LogP contribution in [0.25, 0.3) is 0 Å².